The molecule has 4 rings (SSSR count). The van der Waals surface area contributed by atoms with Crippen LogP contribution in [0, 0.1) is 19.8 Å². The molecule has 33 heavy (non-hydrogen) atoms. The number of benzene rings is 1. The molecule has 1 N–H and O–H groups in total. The van der Waals surface area contributed by atoms with Gasteiger partial charge in [-0.2, -0.15) is 9.29 Å². The van der Waals surface area contributed by atoms with E-state index < -0.39 is 10.0 Å². The molecule has 10 heteroatoms. The summed E-state index contributed by atoms with van der Waals surface area (Å²) in [4.78, 5) is 18.7. The lowest BCUT2D eigenvalue weighted by Crippen LogP contribution is -2.41. The van der Waals surface area contributed by atoms with Crippen LogP contribution in [0.15, 0.2) is 39.8 Å². The molecule has 0 radical (unpaired) electrons. The van der Waals surface area contributed by atoms with Crippen LogP contribution in [0.5, 0.6) is 0 Å². The number of aryl methyl sites for hydroxylation is 2. The molecule has 0 atom stereocenters. The highest BCUT2D eigenvalue weighted by molar-refractivity contribution is 7.89. The zero-order chi connectivity index (χ0) is 23.8. The quantitative estimate of drug-likeness (QED) is 0.545. The number of sulfonamides is 1. The Kier molecular flexibility index (Phi) is 6.69. The lowest BCUT2D eigenvalue weighted by molar-refractivity contribution is -0.120. The molecule has 8 nitrogen and oxygen atoms in total. The predicted molar refractivity (Wildman–Crippen MR) is 128 cm³/mol. The first-order valence-electron chi connectivity index (χ1n) is 11.0. The summed E-state index contributed by atoms with van der Waals surface area (Å²) >= 11 is 1.34. The van der Waals surface area contributed by atoms with Crippen molar-refractivity contribution in [3.8, 4) is 10.7 Å². The Hall–Kier alpha value is -2.56. The molecule has 1 aromatic carbocycles. The van der Waals surface area contributed by atoms with Gasteiger partial charge in [0.15, 0.2) is 0 Å². The summed E-state index contributed by atoms with van der Waals surface area (Å²) in [6, 6.07) is 9.27. The van der Waals surface area contributed by atoms with E-state index in [4.69, 9.17) is 4.52 Å². The number of aromatic nitrogens is 2. The third-order valence-electron chi connectivity index (χ3n) is 5.76. The zero-order valence-electron chi connectivity index (χ0n) is 19.2. The van der Waals surface area contributed by atoms with E-state index in [1.807, 2.05) is 45.0 Å². The van der Waals surface area contributed by atoms with E-state index in [9.17, 15) is 13.2 Å². The molecule has 1 aliphatic rings. The average Bonchev–Trinajstić information content (AvgIpc) is 3.41. The van der Waals surface area contributed by atoms with Crippen molar-refractivity contribution in [1.29, 1.82) is 0 Å². The average molecular weight is 489 g/mol. The highest BCUT2D eigenvalue weighted by Crippen LogP contribution is 2.35. The second kappa shape index (κ2) is 9.36. The Bertz CT molecular complexity index is 1250. The van der Waals surface area contributed by atoms with Crippen molar-refractivity contribution in [3.05, 3.63) is 46.7 Å². The Labute approximate surface area is 198 Å². The van der Waals surface area contributed by atoms with Gasteiger partial charge in [0.25, 0.3) is 0 Å². The van der Waals surface area contributed by atoms with Crippen molar-refractivity contribution < 1.29 is 17.7 Å². The SMILES string of the molecule is Cc1cccc(NC(=O)C2CCN(S(=O)(=O)c3cc(-c4noc(C(C)C)n4)sc3C)CC2)c1. The van der Waals surface area contributed by atoms with Gasteiger partial charge in [-0.1, -0.05) is 31.1 Å². The molecule has 3 heterocycles. The van der Waals surface area contributed by atoms with Crippen LogP contribution in [0.1, 0.15) is 48.9 Å². The number of thiophene rings is 1. The van der Waals surface area contributed by atoms with Crippen molar-refractivity contribution in [3.63, 3.8) is 0 Å². The van der Waals surface area contributed by atoms with Gasteiger partial charge in [-0.3, -0.25) is 4.79 Å². The van der Waals surface area contributed by atoms with Crippen LogP contribution < -0.4 is 5.32 Å². The van der Waals surface area contributed by atoms with E-state index in [1.54, 1.807) is 13.0 Å². The molecule has 0 unspecified atom stereocenters. The summed E-state index contributed by atoms with van der Waals surface area (Å²) in [7, 11) is -3.68. The number of carbonyl (C=O) groups is 1. The number of carbonyl (C=O) groups excluding carboxylic acids is 1. The second-order valence-electron chi connectivity index (χ2n) is 8.68. The fourth-order valence-corrected chi connectivity index (χ4v) is 6.82. The molecule has 176 valence electrons. The van der Waals surface area contributed by atoms with Crippen LogP contribution in [0.3, 0.4) is 0 Å². The minimum Gasteiger partial charge on any atom is -0.339 e. The third-order valence-corrected chi connectivity index (χ3v) is 8.96. The molecule has 0 spiro atoms. The van der Waals surface area contributed by atoms with Gasteiger partial charge >= 0.3 is 0 Å². The smallest absolute Gasteiger partial charge is 0.244 e. The van der Waals surface area contributed by atoms with Crippen molar-refractivity contribution >= 4 is 33.0 Å². The number of hydrogen-bond acceptors (Lipinski definition) is 7. The molecule has 1 saturated heterocycles. The summed E-state index contributed by atoms with van der Waals surface area (Å²) in [5.41, 5.74) is 1.83. The van der Waals surface area contributed by atoms with Gasteiger partial charge in [0.2, 0.25) is 27.6 Å². The van der Waals surface area contributed by atoms with Crippen LogP contribution in [0.2, 0.25) is 0 Å². The molecular formula is C23H28N4O4S2. The number of piperidine rings is 1. The Balaban J connectivity index is 1.43. The summed E-state index contributed by atoms with van der Waals surface area (Å²) in [6.45, 7) is 8.28. The van der Waals surface area contributed by atoms with E-state index in [0.717, 1.165) is 11.3 Å². The summed E-state index contributed by atoms with van der Waals surface area (Å²) < 4.78 is 33.4. The number of nitrogens with one attached hydrogen (secondary N) is 1. The Morgan fingerprint density at radius 2 is 1.94 bits per heavy atom. The Morgan fingerprint density at radius 1 is 1.21 bits per heavy atom. The molecule has 0 saturated carbocycles. The molecule has 0 bridgehead atoms. The van der Waals surface area contributed by atoms with Gasteiger partial charge in [0.05, 0.1) is 9.77 Å². The highest BCUT2D eigenvalue weighted by atomic mass is 32.2. The fourth-order valence-electron chi connectivity index (χ4n) is 3.87. The van der Waals surface area contributed by atoms with Gasteiger partial charge in [-0.25, -0.2) is 8.42 Å². The van der Waals surface area contributed by atoms with Crippen molar-refractivity contribution in [2.24, 2.45) is 5.92 Å². The summed E-state index contributed by atoms with van der Waals surface area (Å²) in [5.74, 6) is 0.737. The molecule has 3 aromatic rings. The van der Waals surface area contributed by atoms with E-state index in [2.05, 4.69) is 15.5 Å². The summed E-state index contributed by atoms with van der Waals surface area (Å²) in [5, 5.41) is 6.95. The largest absolute Gasteiger partial charge is 0.339 e. The van der Waals surface area contributed by atoms with Crippen molar-refractivity contribution in [2.75, 3.05) is 18.4 Å². The number of nitrogens with zero attached hydrogens (tertiary/aromatic N) is 3. The highest BCUT2D eigenvalue weighted by Gasteiger charge is 2.34. The lowest BCUT2D eigenvalue weighted by Gasteiger charge is -2.30. The van der Waals surface area contributed by atoms with Crippen molar-refractivity contribution in [1.82, 2.24) is 14.4 Å². The van der Waals surface area contributed by atoms with Gasteiger partial charge in [0, 0.05) is 35.5 Å². The topological polar surface area (TPSA) is 105 Å². The standard InChI is InChI=1S/C23H28N4O4S2/c1-14(2)23-25-21(26-31-23)19-13-20(16(4)32-19)33(29,30)27-10-8-17(9-11-27)22(28)24-18-7-5-6-15(3)12-18/h5-7,12-14,17H,8-11H2,1-4H3,(H,24,28). The van der Waals surface area contributed by atoms with Crippen LogP contribution in [0.4, 0.5) is 5.69 Å². The van der Waals surface area contributed by atoms with E-state index in [1.165, 1.54) is 15.6 Å². The first-order chi connectivity index (χ1) is 15.6. The second-order valence-corrected chi connectivity index (χ2v) is 11.8. The first-order valence-corrected chi connectivity index (χ1v) is 13.2. The maximum absolute atomic E-state index is 13.3. The van der Waals surface area contributed by atoms with Crippen molar-refractivity contribution in [2.45, 2.75) is 51.3 Å². The number of rotatable bonds is 6. The monoisotopic (exact) mass is 488 g/mol. The lowest BCUT2D eigenvalue weighted by atomic mass is 9.97. The molecular weight excluding hydrogens is 460 g/mol. The number of anilines is 1. The third kappa shape index (κ3) is 5.02. The van der Waals surface area contributed by atoms with Gasteiger partial charge < -0.3 is 9.84 Å². The number of amides is 1. The maximum atomic E-state index is 13.3. The minimum atomic E-state index is -3.68. The molecule has 2 aromatic heterocycles. The van der Waals surface area contributed by atoms with Crippen LogP contribution >= 0.6 is 11.3 Å². The molecule has 1 aliphatic heterocycles. The van der Waals surface area contributed by atoms with Gasteiger partial charge in [-0.15, -0.1) is 11.3 Å². The van der Waals surface area contributed by atoms with Crippen LogP contribution in [0.25, 0.3) is 10.7 Å². The Morgan fingerprint density at radius 3 is 2.58 bits per heavy atom. The predicted octanol–water partition coefficient (Wildman–Crippen LogP) is 4.58. The first kappa shape index (κ1) is 23.6. The maximum Gasteiger partial charge on any atom is 0.244 e. The van der Waals surface area contributed by atoms with E-state index >= 15 is 0 Å². The van der Waals surface area contributed by atoms with Crippen LogP contribution in [-0.4, -0.2) is 41.9 Å². The molecule has 1 amide bonds. The van der Waals surface area contributed by atoms with E-state index in [-0.39, 0.29) is 22.6 Å². The minimum absolute atomic E-state index is 0.0651. The van der Waals surface area contributed by atoms with Gasteiger partial charge in [-0.05, 0) is 50.5 Å². The normalized spacial score (nSPS) is 15.8. The fraction of sp³-hybridized carbons (Fsp3) is 0.435. The number of hydrogen-bond donors (Lipinski definition) is 1. The van der Waals surface area contributed by atoms with Crippen LogP contribution in [-0.2, 0) is 14.8 Å². The van der Waals surface area contributed by atoms with Gasteiger partial charge in [0.1, 0.15) is 0 Å². The molecule has 0 aliphatic carbocycles. The summed E-state index contributed by atoms with van der Waals surface area (Å²) in [6.07, 6.45) is 0.963. The zero-order valence-corrected chi connectivity index (χ0v) is 20.8. The molecule has 1 fully saturated rings. The van der Waals surface area contributed by atoms with E-state index in [0.29, 0.717) is 47.4 Å².